The monoisotopic (exact) mass is 464 g/mol. The van der Waals surface area contributed by atoms with Gasteiger partial charge < -0.3 is 14.6 Å². The van der Waals surface area contributed by atoms with Crippen LogP contribution in [0.4, 0.5) is 5.69 Å². The van der Waals surface area contributed by atoms with Crippen LogP contribution in [0.3, 0.4) is 0 Å². The zero-order valence-electron chi connectivity index (χ0n) is 17.4. The van der Waals surface area contributed by atoms with Gasteiger partial charge in [-0.15, -0.1) is 11.8 Å². The van der Waals surface area contributed by atoms with E-state index in [4.69, 9.17) is 20.9 Å². The molecule has 0 saturated carbocycles. The Morgan fingerprint density at radius 1 is 1.06 bits per heavy atom. The van der Waals surface area contributed by atoms with Crippen molar-refractivity contribution in [3.63, 3.8) is 0 Å². The molecule has 1 N–H and O–H groups in total. The van der Waals surface area contributed by atoms with E-state index in [1.165, 1.54) is 11.8 Å². The number of anilines is 1. The first-order valence-electron chi connectivity index (χ1n) is 10.00. The Labute approximate surface area is 195 Å². The van der Waals surface area contributed by atoms with Crippen LogP contribution in [-0.4, -0.2) is 11.1 Å². The minimum Gasteiger partial charge on any atom is -0.489 e. The third-order valence-electron chi connectivity index (χ3n) is 4.64. The summed E-state index contributed by atoms with van der Waals surface area (Å²) in [6.07, 6.45) is 0. The number of aryl methyl sites for hydroxylation is 1. The van der Waals surface area contributed by atoms with Gasteiger partial charge in [0.1, 0.15) is 18.1 Å². The lowest BCUT2D eigenvalue weighted by atomic mass is 10.2. The van der Waals surface area contributed by atoms with Crippen LogP contribution in [0, 0.1) is 6.92 Å². The molecule has 0 bridgehead atoms. The Morgan fingerprint density at radius 3 is 2.56 bits per heavy atom. The molecule has 5 nitrogen and oxygen atoms in total. The molecule has 162 valence electrons. The summed E-state index contributed by atoms with van der Waals surface area (Å²) in [6, 6.07) is 24.2. The predicted molar refractivity (Wildman–Crippen MR) is 127 cm³/mol. The summed E-state index contributed by atoms with van der Waals surface area (Å²) in [5, 5.41) is 7.52. The Bertz CT molecular complexity index is 1210. The third kappa shape index (κ3) is 5.72. The Morgan fingerprint density at radius 2 is 1.81 bits per heavy atom. The number of ether oxygens (including phenoxy) is 1. The SMILES string of the molecule is Cc1cc(CSc2ccccc2C(=O)Nc2ccc(OCc3ccccc3Cl)cc2)on1. The minimum absolute atomic E-state index is 0.174. The Balaban J connectivity index is 1.37. The molecule has 0 spiro atoms. The molecule has 7 heteroatoms. The van der Waals surface area contributed by atoms with Gasteiger partial charge in [-0.05, 0) is 49.4 Å². The third-order valence-corrected chi connectivity index (χ3v) is 6.11. The molecule has 0 saturated heterocycles. The van der Waals surface area contributed by atoms with Crippen molar-refractivity contribution in [2.45, 2.75) is 24.2 Å². The van der Waals surface area contributed by atoms with Gasteiger partial charge in [0.25, 0.3) is 5.91 Å². The van der Waals surface area contributed by atoms with Crippen LogP contribution >= 0.6 is 23.4 Å². The van der Waals surface area contributed by atoms with Crippen LogP contribution in [0.2, 0.25) is 5.02 Å². The molecule has 0 atom stereocenters. The number of hydrogen-bond acceptors (Lipinski definition) is 5. The van der Waals surface area contributed by atoms with Gasteiger partial charge >= 0.3 is 0 Å². The summed E-state index contributed by atoms with van der Waals surface area (Å²) in [4.78, 5) is 13.8. The first-order valence-corrected chi connectivity index (χ1v) is 11.4. The fourth-order valence-electron chi connectivity index (χ4n) is 3.02. The number of aromatic nitrogens is 1. The zero-order chi connectivity index (χ0) is 22.3. The lowest BCUT2D eigenvalue weighted by Gasteiger charge is -2.11. The van der Waals surface area contributed by atoms with Gasteiger partial charge in [0.2, 0.25) is 0 Å². The van der Waals surface area contributed by atoms with Crippen molar-refractivity contribution in [2.24, 2.45) is 0 Å². The van der Waals surface area contributed by atoms with Crippen molar-refractivity contribution in [2.75, 3.05) is 5.32 Å². The summed E-state index contributed by atoms with van der Waals surface area (Å²) >= 11 is 7.70. The maximum atomic E-state index is 12.9. The van der Waals surface area contributed by atoms with Crippen LogP contribution < -0.4 is 10.1 Å². The number of thioether (sulfide) groups is 1. The fourth-order valence-corrected chi connectivity index (χ4v) is 4.14. The van der Waals surface area contributed by atoms with Crippen LogP contribution in [0.15, 0.2) is 88.3 Å². The van der Waals surface area contributed by atoms with Crippen LogP contribution in [0.25, 0.3) is 0 Å². The van der Waals surface area contributed by atoms with Gasteiger partial charge in [-0.2, -0.15) is 0 Å². The van der Waals surface area contributed by atoms with Gasteiger partial charge in [-0.3, -0.25) is 4.79 Å². The van der Waals surface area contributed by atoms with Gasteiger partial charge in [-0.25, -0.2) is 0 Å². The molecular weight excluding hydrogens is 444 g/mol. The van der Waals surface area contributed by atoms with E-state index in [2.05, 4.69) is 10.5 Å². The molecule has 3 aromatic carbocycles. The normalized spacial score (nSPS) is 10.7. The number of carbonyl (C=O) groups excluding carboxylic acids is 1. The molecule has 4 rings (SSSR count). The van der Waals surface area contributed by atoms with E-state index in [1.807, 2.05) is 85.8 Å². The molecular formula is C25H21ClN2O3S. The van der Waals surface area contributed by atoms with Gasteiger partial charge in [0.05, 0.1) is 17.0 Å². The number of rotatable bonds is 8. The highest BCUT2D eigenvalue weighted by Crippen LogP contribution is 2.27. The molecule has 0 aliphatic heterocycles. The summed E-state index contributed by atoms with van der Waals surface area (Å²) in [5.41, 5.74) is 3.05. The first-order chi connectivity index (χ1) is 15.6. The topological polar surface area (TPSA) is 64.4 Å². The maximum Gasteiger partial charge on any atom is 0.256 e. The smallest absolute Gasteiger partial charge is 0.256 e. The van der Waals surface area contributed by atoms with Crippen LogP contribution in [0.1, 0.15) is 27.4 Å². The fraction of sp³-hybridized carbons (Fsp3) is 0.120. The maximum absolute atomic E-state index is 12.9. The second-order valence-corrected chi connectivity index (χ2v) is 8.50. The van der Waals surface area contributed by atoms with Crippen molar-refractivity contribution >= 4 is 35.0 Å². The second kappa shape index (κ2) is 10.4. The quantitative estimate of drug-likeness (QED) is 0.292. The highest BCUT2D eigenvalue weighted by Gasteiger charge is 2.13. The highest BCUT2D eigenvalue weighted by atomic mass is 35.5. The highest BCUT2D eigenvalue weighted by molar-refractivity contribution is 7.98. The van der Waals surface area contributed by atoms with E-state index < -0.39 is 0 Å². The van der Waals surface area contributed by atoms with Crippen molar-refractivity contribution < 1.29 is 14.1 Å². The van der Waals surface area contributed by atoms with E-state index in [1.54, 1.807) is 0 Å². The van der Waals surface area contributed by atoms with Crippen molar-refractivity contribution in [3.8, 4) is 5.75 Å². The van der Waals surface area contributed by atoms with E-state index in [-0.39, 0.29) is 5.91 Å². The number of nitrogens with zero attached hydrogens (tertiary/aromatic N) is 1. The van der Waals surface area contributed by atoms with Gasteiger partial charge in [0, 0.05) is 27.2 Å². The molecule has 4 aromatic rings. The molecule has 0 aliphatic carbocycles. The number of hydrogen-bond donors (Lipinski definition) is 1. The largest absolute Gasteiger partial charge is 0.489 e. The lowest BCUT2D eigenvalue weighted by Crippen LogP contribution is -2.12. The lowest BCUT2D eigenvalue weighted by molar-refractivity contribution is 0.102. The first kappa shape index (κ1) is 22.0. The average molecular weight is 465 g/mol. The van der Waals surface area contributed by atoms with E-state index in [0.717, 1.165) is 21.9 Å². The number of nitrogens with one attached hydrogen (secondary N) is 1. The van der Waals surface area contributed by atoms with Crippen molar-refractivity contribution in [1.82, 2.24) is 5.16 Å². The average Bonchev–Trinajstić information content (AvgIpc) is 3.23. The van der Waals surface area contributed by atoms with Crippen LogP contribution in [-0.2, 0) is 12.4 Å². The number of halogens is 1. The summed E-state index contributed by atoms with van der Waals surface area (Å²) in [6.45, 7) is 2.26. The number of amides is 1. The Hall–Kier alpha value is -3.22. The molecule has 1 heterocycles. The van der Waals surface area contributed by atoms with Gasteiger partial charge in [-0.1, -0.05) is 47.1 Å². The second-order valence-electron chi connectivity index (χ2n) is 7.08. The molecule has 0 aliphatic rings. The summed E-state index contributed by atoms with van der Waals surface area (Å²) in [7, 11) is 0. The van der Waals surface area contributed by atoms with Crippen molar-refractivity contribution in [1.29, 1.82) is 0 Å². The van der Waals surface area contributed by atoms with Gasteiger partial charge in [0.15, 0.2) is 0 Å². The minimum atomic E-state index is -0.174. The molecule has 0 fully saturated rings. The molecule has 32 heavy (non-hydrogen) atoms. The van der Waals surface area contributed by atoms with Crippen LogP contribution in [0.5, 0.6) is 5.75 Å². The number of carbonyl (C=O) groups is 1. The van der Waals surface area contributed by atoms with Crippen molar-refractivity contribution in [3.05, 3.63) is 106 Å². The molecule has 0 unspecified atom stereocenters. The number of benzene rings is 3. The summed E-state index contributed by atoms with van der Waals surface area (Å²) < 4.78 is 11.1. The zero-order valence-corrected chi connectivity index (χ0v) is 19.0. The summed E-state index contributed by atoms with van der Waals surface area (Å²) in [5.74, 6) is 1.89. The van der Waals surface area contributed by atoms with E-state index in [0.29, 0.717) is 34.4 Å². The Kier molecular flexibility index (Phi) is 7.14. The molecule has 0 radical (unpaired) electrons. The van der Waals surface area contributed by atoms with E-state index in [9.17, 15) is 4.79 Å². The van der Waals surface area contributed by atoms with E-state index >= 15 is 0 Å². The molecule has 1 amide bonds. The standard InChI is InChI=1S/C25H21ClN2O3S/c1-17-14-21(31-28-17)16-32-24-9-5-3-7-22(24)25(29)27-19-10-12-20(13-11-19)30-15-18-6-2-4-8-23(18)26/h2-14H,15-16H2,1H3,(H,27,29). The molecule has 1 aromatic heterocycles. The predicted octanol–water partition coefficient (Wildman–Crippen LogP) is 6.76.